The maximum absolute atomic E-state index is 11.3. The van der Waals surface area contributed by atoms with Gasteiger partial charge in [-0.1, -0.05) is 13.8 Å². The van der Waals surface area contributed by atoms with Gasteiger partial charge in [-0.25, -0.2) is 4.79 Å². The van der Waals surface area contributed by atoms with Crippen molar-refractivity contribution in [3.05, 3.63) is 0 Å². The molecule has 74 valence electrons. The number of carbonyl (C=O) groups is 2. The van der Waals surface area contributed by atoms with Gasteiger partial charge in [-0.2, -0.15) is 0 Å². The van der Waals surface area contributed by atoms with Crippen molar-refractivity contribution < 1.29 is 14.3 Å². The summed E-state index contributed by atoms with van der Waals surface area (Å²) < 4.78 is 4.66. The van der Waals surface area contributed by atoms with E-state index in [0.29, 0.717) is 0 Å². The Hall–Kier alpha value is -0.900. The number of hydrogen-bond acceptors (Lipinski definition) is 4. The van der Waals surface area contributed by atoms with E-state index in [4.69, 9.17) is 0 Å². The first-order valence-electron chi connectivity index (χ1n) is 4.60. The number of hydrogen-bond donors (Lipinski definition) is 1. The van der Waals surface area contributed by atoms with Gasteiger partial charge in [-0.15, -0.1) is 0 Å². The highest BCUT2D eigenvalue weighted by Gasteiger charge is 2.26. The number of rotatable bonds is 2. The predicted octanol–water partition coefficient (Wildman–Crippen LogP) is 0.464. The molecule has 1 atom stereocenters. The van der Waals surface area contributed by atoms with Crippen molar-refractivity contribution in [3.63, 3.8) is 0 Å². The van der Waals surface area contributed by atoms with Gasteiger partial charge in [0.05, 0.1) is 5.92 Å². The van der Waals surface area contributed by atoms with E-state index in [1.807, 2.05) is 0 Å². The Morgan fingerprint density at radius 3 is 2.62 bits per heavy atom. The molecule has 4 nitrogen and oxygen atoms in total. The second kappa shape index (κ2) is 4.37. The fourth-order valence-corrected chi connectivity index (χ4v) is 1.17. The van der Waals surface area contributed by atoms with E-state index in [1.165, 1.54) is 0 Å². The molecule has 0 amide bonds. The molecule has 1 fully saturated rings. The van der Waals surface area contributed by atoms with Gasteiger partial charge in [0.1, 0.15) is 6.04 Å². The maximum atomic E-state index is 11.3. The molecule has 1 saturated heterocycles. The lowest BCUT2D eigenvalue weighted by Gasteiger charge is -2.09. The predicted molar refractivity (Wildman–Crippen MR) is 47.0 cm³/mol. The Morgan fingerprint density at radius 2 is 2.15 bits per heavy atom. The van der Waals surface area contributed by atoms with Crippen molar-refractivity contribution >= 4 is 11.9 Å². The molecule has 0 saturated carbocycles. The summed E-state index contributed by atoms with van der Waals surface area (Å²) in [6.45, 7) is 4.24. The van der Waals surface area contributed by atoms with Crippen LogP contribution in [0.25, 0.3) is 0 Å². The molecule has 4 heteroatoms. The van der Waals surface area contributed by atoms with Crippen molar-refractivity contribution in [1.29, 1.82) is 0 Å². The summed E-state index contributed by atoms with van der Waals surface area (Å²) >= 11 is 0. The van der Waals surface area contributed by atoms with Gasteiger partial charge in [0.25, 0.3) is 0 Å². The fraction of sp³-hybridized carbons (Fsp3) is 0.778. The average molecular weight is 185 g/mol. The SMILES string of the molecule is CC(C)C(=O)OC(=O)[C@@H]1CCCN1. The van der Waals surface area contributed by atoms with E-state index in [9.17, 15) is 9.59 Å². The summed E-state index contributed by atoms with van der Waals surface area (Å²) in [5.41, 5.74) is 0. The van der Waals surface area contributed by atoms with Crippen molar-refractivity contribution in [3.8, 4) is 0 Å². The third-order valence-corrected chi connectivity index (χ3v) is 2.02. The molecule has 0 radical (unpaired) electrons. The van der Waals surface area contributed by atoms with E-state index in [2.05, 4.69) is 10.1 Å². The monoisotopic (exact) mass is 185 g/mol. The van der Waals surface area contributed by atoms with Crippen LogP contribution < -0.4 is 5.32 Å². The molecule has 1 N–H and O–H groups in total. The number of nitrogens with one attached hydrogen (secondary N) is 1. The molecule has 0 bridgehead atoms. The summed E-state index contributed by atoms with van der Waals surface area (Å²) in [5, 5.41) is 2.97. The molecular weight excluding hydrogens is 170 g/mol. The molecule has 1 heterocycles. The van der Waals surface area contributed by atoms with Crippen molar-refractivity contribution in [2.45, 2.75) is 32.7 Å². The largest absolute Gasteiger partial charge is 0.392 e. The molecule has 0 aromatic rings. The highest BCUT2D eigenvalue weighted by atomic mass is 16.6. The van der Waals surface area contributed by atoms with Gasteiger partial charge in [0, 0.05) is 0 Å². The highest BCUT2D eigenvalue weighted by Crippen LogP contribution is 2.07. The topological polar surface area (TPSA) is 55.4 Å². The molecule has 0 aromatic carbocycles. The maximum Gasteiger partial charge on any atom is 0.330 e. The molecule has 0 spiro atoms. The van der Waals surface area contributed by atoms with Crippen molar-refractivity contribution in [2.24, 2.45) is 5.92 Å². The Balaban J connectivity index is 2.36. The molecule has 0 aromatic heterocycles. The van der Waals surface area contributed by atoms with E-state index in [0.717, 1.165) is 19.4 Å². The smallest absolute Gasteiger partial charge is 0.330 e. The van der Waals surface area contributed by atoms with Crippen LogP contribution in [0.15, 0.2) is 0 Å². The first-order chi connectivity index (χ1) is 6.11. The summed E-state index contributed by atoms with van der Waals surface area (Å²) in [6.07, 6.45) is 1.74. The second-order valence-corrected chi connectivity index (χ2v) is 3.54. The molecule has 1 aliphatic heterocycles. The first-order valence-corrected chi connectivity index (χ1v) is 4.60. The Bertz CT molecular complexity index is 207. The van der Waals surface area contributed by atoms with Crippen LogP contribution in [0.3, 0.4) is 0 Å². The Morgan fingerprint density at radius 1 is 1.46 bits per heavy atom. The van der Waals surface area contributed by atoms with E-state index in [-0.39, 0.29) is 12.0 Å². The van der Waals surface area contributed by atoms with Crippen LogP contribution in [-0.4, -0.2) is 24.5 Å². The minimum absolute atomic E-state index is 0.245. The number of carbonyl (C=O) groups excluding carboxylic acids is 2. The minimum atomic E-state index is -0.446. The van der Waals surface area contributed by atoms with Crippen LogP contribution in [-0.2, 0) is 14.3 Å². The van der Waals surface area contributed by atoms with E-state index < -0.39 is 11.9 Å². The van der Waals surface area contributed by atoms with Crippen LogP contribution >= 0.6 is 0 Å². The fourth-order valence-electron chi connectivity index (χ4n) is 1.17. The quantitative estimate of drug-likeness (QED) is 0.501. The number of ether oxygens (including phenoxy) is 1. The lowest BCUT2D eigenvalue weighted by Crippen LogP contribution is -2.34. The van der Waals surface area contributed by atoms with Crippen molar-refractivity contribution in [1.82, 2.24) is 5.32 Å². The van der Waals surface area contributed by atoms with Crippen molar-refractivity contribution in [2.75, 3.05) is 6.54 Å². The van der Waals surface area contributed by atoms with Crippen LogP contribution in [0.2, 0.25) is 0 Å². The minimum Gasteiger partial charge on any atom is -0.392 e. The van der Waals surface area contributed by atoms with Gasteiger partial charge < -0.3 is 10.1 Å². The zero-order valence-electron chi connectivity index (χ0n) is 8.00. The Labute approximate surface area is 77.6 Å². The van der Waals surface area contributed by atoms with Gasteiger partial charge >= 0.3 is 11.9 Å². The zero-order valence-corrected chi connectivity index (χ0v) is 8.00. The summed E-state index contributed by atoms with van der Waals surface area (Å²) in [6, 6.07) is -0.275. The highest BCUT2D eigenvalue weighted by molar-refractivity contribution is 5.89. The number of esters is 2. The summed E-state index contributed by atoms with van der Waals surface area (Å²) in [4.78, 5) is 22.3. The van der Waals surface area contributed by atoms with Crippen LogP contribution in [0.1, 0.15) is 26.7 Å². The zero-order chi connectivity index (χ0) is 9.84. The second-order valence-electron chi connectivity index (χ2n) is 3.54. The molecule has 0 unspecified atom stereocenters. The van der Waals surface area contributed by atoms with E-state index >= 15 is 0 Å². The van der Waals surface area contributed by atoms with Crippen LogP contribution in [0, 0.1) is 5.92 Å². The molecular formula is C9H15NO3. The first kappa shape index (κ1) is 10.2. The van der Waals surface area contributed by atoms with Gasteiger partial charge in [-0.05, 0) is 19.4 Å². The molecule has 1 rings (SSSR count). The third kappa shape index (κ3) is 2.81. The average Bonchev–Trinajstić information content (AvgIpc) is 2.55. The molecule has 13 heavy (non-hydrogen) atoms. The lowest BCUT2D eigenvalue weighted by molar-refractivity contribution is -0.163. The van der Waals surface area contributed by atoms with Gasteiger partial charge in [0.2, 0.25) is 0 Å². The van der Waals surface area contributed by atoms with Crippen LogP contribution in [0.5, 0.6) is 0 Å². The van der Waals surface area contributed by atoms with Gasteiger partial charge in [0.15, 0.2) is 0 Å². The summed E-state index contributed by atoms with van der Waals surface area (Å²) in [5.74, 6) is -1.12. The standard InChI is InChI=1S/C9H15NO3/c1-6(2)8(11)13-9(12)7-4-3-5-10-7/h6-7,10H,3-5H2,1-2H3/t7-/m0/s1. The third-order valence-electron chi connectivity index (χ3n) is 2.02. The van der Waals surface area contributed by atoms with Gasteiger partial charge in [-0.3, -0.25) is 4.79 Å². The molecule has 1 aliphatic rings. The summed E-state index contributed by atoms with van der Waals surface area (Å²) in [7, 11) is 0. The Kier molecular flexibility index (Phi) is 3.42. The lowest BCUT2D eigenvalue weighted by atomic mass is 10.2. The van der Waals surface area contributed by atoms with Crippen LogP contribution in [0.4, 0.5) is 0 Å². The van der Waals surface area contributed by atoms with E-state index in [1.54, 1.807) is 13.8 Å². The normalized spacial score (nSPS) is 21.9. The molecule has 0 aliphatic carbocycles.